The van der Waals surface area contributed by atoms with E-state index in [1.807, 2.05) is 6.92 Å². The number of rotatable bonds is 16. The maximum absolute atomic E-state index is 14.3. The van der Waals surface area contributed by atoms with Crippen molar-refractivity contribution in [2.24, 2.45) is 11.7 Å². The summed E-state index contributed by atoms with van der Waals surface area (Å²) in [5.41, 5.74) is 6.03. The minimum absolute atomic E-state index is 0.0437. The molecule has 0 spiro atoms. The van der Waals surface area contributed by atoms with E-state index in [0.29, 0.717) is 24.9 Å². The second kappa shape index (κ2) is 30.8. The third kappa shape index (κ3) is 21.7. The molecule has 0 aromatic heterocycles. The number of carbonyl (C=O) groups excluding carboxylic acids is 9. The number of amides is 8. The Morgan fingerprint density at radius 2 is 1.29 bits per heavy atom. The molecule has 69 heavy (non-hydrogen) atoms. The lowest BCUT2D eigenvalue weighted by Crippen LogP contribution is -2.59. The lowest BCUT2D eigenvalue weighted by atomic mass is 10.0. The Kier molecular flexibility index (Phi) is 25.8. The van der Waals surface area contributed by atoms with Crippen molar-refractivity contribution in [2.45, 2.75) is 108 Å². The molecule has 2 saturated heterocycles. The molecule has 26 heteroatoms. The number of hydrogen-bond acceptors (Lipinski definition) is 15. The third-order valence-electron chi connectivity index (χ3n) is 10.6. The number of hydrogen-bond donors (Lipinski definition) is 13. The molecule has 7 atom stereocenters. The van der Waals surface area contributed by atoms with Crippen LogP contribution in [0.1, 0.15) is 64.9 Å². The van der Waals surface area contributed by atoms with Crippen LogP contribution in [0.5, 0.6) is 0 Å². The molecule has 8 amide bonds. The van der Waals surface area contributed by atoms with Crippen molar-refractivity contribution in [1.29, 1.82) is 5.41 Å². The Hall–Kier alpha value is -5.60. The molecular weight excluding hydrogens is 957 g/mol. The summed E-state index contributed by atoms with van der Waals surface area (Å²) in [5.74, 6) is -10.1. The van der Waals surface area contributed by atoms with Crippen molar-refractivity contribution in [3.05, 3.63) is 35.9 Å². The van der Waals surface area contributed by atoms with E-state index in [4.69, 9.17) is 11.1 Å². The molecule has 2 bridgehead atoms. The summed E-state index contributed by atoms with van der Waals surface area (Å²) in [4.78, 5) is 137. The molecule has 382 valence electrons. The number of carbonyl (C=O) groups is 10. The predicted octanol–water partition coefficient (Wildman–Crippen LogP) is -2.38. The van der Waals surface area contributed by atoms with E-state index < -0.39 is 114 Å². The van der Waals surface area contributed by atoms with Crippen LogP contribution in [0, 0.1) is 11.3 Å². The van der Waals surface area contributed by atoms with Crippen LogP contribution in [0.4, 0.5) is 0 Å². The number of ketones is 1. The number of guanidine groups is 1. The van der Waals surface area contributed by atoms with Crippen LogP contribution in [0.25, 0.3) is 0 Å². The average molecular weight is 1020 g/mol. The standard InChI is InChI=1S/C43H66N12O11S3/c1-4-46-15-9-8-13-27-38(62)54-31-21-68-69-22-32(55-40(64)29(18-35(58)59)50-33(56)19-48-37(61)26(51-41(31)65)14-10-16-47-43(44)45)42(66)52-28(17-25-11-6-5-7-12-25)39(63)53-30(36(60)24(2)3)20-67-23-34(57)49-27/h5-7,11-12,24,26-32,46H,4,8-10,13-23H2,1-3H3,(H,48,61)(H,49,57)(H,50,56)(H,51,65)(H,52,66)(H,53,63)(H,54,62)(H,55,64)(H,58,59)(H4,44,45,47)/t26-,27-,28-,29-,30-,31-,32-/m0/s1. The van der Waals surface area contributed by atoms with Gasteiger partial charge in [0.25, 0.3) is 0 Å². The maximum atomic E-state index is 14.3. The van der Waals surface area contributed by atoms with Gasteiger partial charge in [-0.1, -0.05) is 72.7 Å². The Labute approximate surface area is 413 Å². The fourth-order valence-electron chi connectivity index (χ4n) is 6.88. The molecule has 2 heterocycles. The molecule has 23 nitrogen and oxygen atoms in total. The molecule has 1 aromatic carbocycles. The zero-order chi connectivity index (χ0) is 50.9. The number of carboxylic acids is 1. The summed E-state index contributed by atoms with van der Waals surface area (Å²) in [5, 5.41) is 43.7. The molecule has 0 aliphatic carbocycles. The van der Waals surface area contributed by atoms with Gasteiger partial charge in [-0.15, -0.1) is 11.8 Å². The maximum Gasteiger partial charge on any atom is 0.305 e. The van der Waals surface area contributed by atoms with Gasteiger partial charge in [-0.2, -0.15) is 0 Å². The Morgan fingerprint density at radius 1 is 0.710 bits per heavy atom. The minimum Gasteiger partial charge on any atom is -0.481 e. The number of aliphatic carboxylic acids is 1. The fraction of sp³-hybridized carbons (Fsp3) is 0.605. The molecule has 3 rings (SSSR count). The summed E-state index contributed by atoms with van der Waals surface area (Å²) in [6.07, 6.45) is 0.472. The SMILES string of the molecule is CCNCCCC[C@@H]1NC(=O)CSC[C@@H](C(=O)C(C)C)NC(=O)[C@H](Cc2ccccc2)NC(=O)[C@@H]2CSSC[C@H](NC1=O)C(=O)N[C@@H](CCCNC(=N)N)C(=O)NCC(=O)N[C@@H](CC(=O)O)C(=O)N2. The zero-order valence-electron chi connectivity index (χ0n) is 38.9. The molecule has 0 unspecified atom stereocenters. The van der Waals surface area contributed by atoms with Crippen molar-refractivity contribution in [2.75, 3.05) is 49.2 Å². The summed E-state index contributed by atoms with van der Waals surface area (Å²) in [7, 11) is 1.97. The monoisotopic (exact) mass is 1020 g/mol. The number of unbranched alkanes of at least 4 members (excludes halogenated alkanes) is 1. The topological polar surface area (TPSA) is 361 Å². The van der Waals surface area contributed by atoms with Gasteiger partial charge in [-0.3, -0.25) is 53.4 Å². The summed E-state index contributed by atoms with van der Waals surface area (Å²) < 4.78 is 0. The van der Waals surface area contributed by atoms with E-state index in [9.17, 15) is 53.1 Å². The van der Waals surface area contributed by atoms with Crippen LogP contribution in [0.3, 0.4) is 0 Å². The minimum atomic E-state index is -1.75. The van der Waals surface area contributed by atoms with Gasteiger partial charge in [0.05, 0.1) is 24.8 Å². The van der Waals surface area contributed by atoms with Crippen molar-refractivity contribution < 1.29 is 53.1 Å². The van der Waals surface area contributed by atoms with E-state index in [0.717, 1.165) is 39.9 Å². The number of fused-ring (bicyclic) bond motifs is 5. The van der Waals surface area contributed by atoms with E-state index >= 15 is 0 Å². The van der Waals surface area contributed by atoms with E-state index in [1.165, 1.54) is 0 Å². The number of carboxylic acid groups (broad SMARTS) is 1. The molecule has 2 fully saturated rings. The van der Waals surface area contributed by atoms with Crippen molar-refractivity contribution in [1.82, 2.24) is 53.2 Å². The van der Waals surface area contributed by atoms with E-state index in [2.05, 4.69) is 53.2 Å². The molecule has 0 radical (unpaired) electrons. The van der Waals surface area contributed by atoms with Gasteiger partial charge in [0, 0.05) is 36.1 Å². The van der Waals surface area contributed by atoms with Gasteiger partial charge in [0.2, 0.25) is 47.3 Å². The Bertz CT molecular complexity index is 1970. The van der Waals surface area contributed by atoms with Gasteiger partial charge >= 0.3 is 5.97 Å². The largest absolute Gasteiger partial charge is 0.481 e. The Balaban J connectivity index is 2.16. The van der Waals surface area contributed by atoms with Crippen LogP contribution < -0.4 is 58.9 Å². The molecule has 0 saturated carbocycles. The number of nitrogens with one attached hydrogen (secondary N) is 11. The van der Waals surface area contributed by atoms with Gasteiger partial charge in [-0.25, -0.2) is 0 Å². The highest BCUT2D eigenvalue weighted by Crippen LogP contribution is 2.24. The van der Waals surface area contributed by atoms with Crippen LogP contribution in [0.2, 0.25) is 0 Å². The molecule has 2 aliphatic heterocycles. The zero-order valence-corrected chi connectivity index (χ0v) is 41.4. The quantitative estimate of drug-likeness (QED) is 0.0356. The third-order valence-corrected chi connectivity index (χ3v) is 14.0. The number of Topliss-reactive ketones (excluding diaryl/α,β-unsaturated/α-hetero) is 1. The lowest BCUT2D eigenvalue weighted by Gasteiger charge is -2.27. The van der Waals surface area contributed by atoms with Gasteiger partial charge in [0.1, 0.15) is 36.3 Å². The first kappa shape index (κ1) is 57.7. The molecular formula is C43H66N12O11S3. The molecule has 2 aliphatic rings. The highest BCUT2D eigenvalue weighted by Gasteiger charge is 2.35. The van der Waals surface area contributed by atoms with E-state index in [1.54, 1.807) is 44.2 Å². The number of benzene rings is 1. The van der Waals surface area contributed by atoms with E-state index in [-0.39, 0.29) is 67.0 Å². The average Bonchev–Trinajstić information content (AvgIpc) is 3.29. The number of nitrogens with two attached hydrogens (primary N) is 1. The second-order valence-corrected chi connectivity index (χ2v) is 20.1. The molecule has 14 N–H and O–H groups in total. The normalized spacial score (nSPS) is 24.3. The smallest absolute Gasteiger partial charge is 0.305 e. The van der Waals surface area contributed by atoms with Crippen molar-refractivity contribution in [3.63, 3.8) is 0 Å². The first-order valence-electron chi connectivity index (χ1n) is 22.7. The van der Waals surface area contributed by atoms with Gasteiger partial charge in [-0.05, 0) is 50.8 Å². The highest BCUT2D eigenvalue weighted by molar-refractivity contribution is 8.76. The lowest BCUT2D eigenvalue weighted by molar-refractivity contribution is -0.141. The molecule has 1 aromatic rings. The predicted molar refractivity (Wildman–Crippen MR) is 263 cm³/mol. The van der Waals surface area contributed by atoms with Gasteiger partial charge in [0.15, 0.2) is 11.7 Å². The summed E-state index contributed by atoms with van der Waals surface area (Å²) in [6, 6.07) is -0.871. The first-order chi connectivity index (χ1) is 32.9. The van der Waals surface area contributed by atoms with Crippen molar-refractivity contribution in [3.8, 4) is 0 Å². The summed E-state index contributed by atoms with van der Waals surface area (Å²) >= 11 is 1.03. The van der Waals surface area contributed by atoms with Crippen molar-refractivity contribution >= 4 is 98.3 Å². The van der Waals surface area contributed by atoms with Crippen LogP contribution in [-0.4, -0.2) is 162 Å². The first-order valence-corrected chi connectivity index (χ1v) is 26.3. The fourth-order valence-corrected chi connectivity index (χ4v) is 10.1. The summed E-state index contributed by atoms with van der Waals surface area (Å²) in [6.45, 7) is 5.96. The highest BCUT2D eigenvalue weighted by atomic mass is 33.1. The van der Waals surface area contributed by atoms with Crippen LogP contribution in [-0.2, 0) is 54.4 Å². The van der Waals surface area contributed by atoms with Crippen LogP contribution in [0.15, 0.2) is 30.3 Å². The van der Waals surface area contributed by atoms with Crippen LogP contribution >= 0.6 is 33.3 Å². The second-order valence-electron chi connectivity index (χ2n) is 16.5. The Morgan fingerprint density at radius 3 is 1.90 bits per heavy atom. The van der Waals surface area contributed by atoms with Gasteiger partial charge < -0.3 is 64.0 Å². The number of thioether (sulfide) groups is 1.